The van der Waals surface area contributed by atoms with Gasteiger partial charge in [0, 0.05) is 24.0 Å². The van der Waals surface area contributed by atoms with Crippen LogP contribution in [0.5, 0.6) is 0 Å². The third kappa shape index (κ3) is 5.67. The highest BCUT2D eigenvalue weighted by molar-refractivity contribution is 7.92. The largest absolute Gasteiger partial charge is 0.481 e. The quantitative estimate of drug-likeness (QED) is 0.609. The molecule has 0 radical (unpaired) electrons. The van der Waals surface area contributed by atoms with Crippen molar-refractivity contribution in [3.05, 3.63) is 29.3 Å². The van der Waals surface area contributed by atoms with Crippen LogP contribution in [-0.4, -0.2) is 56.3 Å². The topological polar surface area (TPSA) is 109 Å². The molecule has 1 aliphatic rings. The molecule has 26 heavy (non-hydrogen) atoms. The Morgan fingerprint density at radius 3 is 2.38 bits per heavy atom. The average Bonchev–Trinajstić information content (AvgIpc) is 2.90. The molecular weight excluding hydrogens is 402 g/mol. The second-order valence-corrected chi connectivity index (χ2v) is 10.9. The lowest BCUT2D eigenvalue weighted by Crippen LogP contribution is -2.41. The van der Waals surface area contributed by atoms with Crippen molar-refractivity contribution in [1.29, 1.82) is 0 Å². The highest BCUT2D eigenvalue weighted by Crippen LogP contribution is 2.26. The van der Waals surface area contributed by atoms with E-state index in [0.717, 1.165) is 0 Å². The monoisotopic (exact) mass is 423 g/mol. The fourth-order valence-electron chi connectivity index (χ4n) is 2.96. The third-order valence-corrected chi connectivity index (χ3v) is 8.27. The first kappa shape index (κ1) is 21.1. The minimum Gasteiger partial charge on any atom is -0.481 e. The summed E-state index contributed by atoms with van der Waals surface area (Å²) in [6.07, 6.45) is 1.77. The maximum absolute atomic E-state index is 13.0. The summed E-state index contributed by atoms with van der Waals surface area (Å²) in [5, 5.41) is 9.08. The van der Waals surface area contributed by atoms with Gasteiger partial charge < -0.3 is 5.11 Å². The first-order valence-corrected chi connectivity index (χ1v) is 12.0. The van der Waals surface area contributed by atoms with Gasteiger partial charge in [0.05, 0.1) is 16.4 Å². The summed E-state index contributed by atoms with van der Waals surface area (Å²) < 4.78 is 50.9. The highest BCUT2D eigenvalue weighted by Gasteiger charge is 2.38. The van der Waals surface area contributed by atoms with E-state index < -0.39 is 31.9 Å². The van der Waals surface area contributed by atoms with E-state index in [1.54, 1.807) is 0 Å². The summed E-state index contributed by atoms with van der Waals surface area (Å²) in [6.45, 7) is 0.158. The molecule has 0 aliphatic carbocycles. The Hall–Kier alpha value is -1.16. The number of carboxylic acid groups (broad SMARTS) is 1. The van der Waals surface area contributed by atoms with Gasteiger partial charge in [-0.3, -0.25) is 4.79 Å². The van der Waals surface area contributed by atoms with Crippen molar-refractivity contribution in [2.24, 2.45) is 0 Å². The number of halogens is 1. The molecule has 10 heteroatoms. The van der Waals surface area contributed by atoms with E-state index in [9.17, 15) is 21.6 Å². The molecule has 0 aromatic heterocycles. The number of benzene rings is 1. The van der Waals surface area contributed by atoms with Crippen LogP contribution in [0.3, 0.4) is 0 Å². The predicted octanol–water partition coefficient (Wildman–Crippen LogP) is 2.16. The van der Waals surface area contributed by atoms with Crippen LogP contribution in [0.1, 0.15) is 32.1 Å². The molecule has 1 aliphatic heterocycles. The van der Waals surface area contributed by atoms with Gasteiger partial charge in [0.25, 0.3) is 0 Å². The molecule has 0 unspecified atom stereocenters. The summed E-state index contributed by atoms with van der Waals surface area (Å²) in [6, 6.07) is 5.16. The lowest BCUT2D eigenvalue weighted by Gasteiger charge is -2.27. The minimum atomic E-state index is -3.86. The molecule has 0 saturated carbocycles. The smallest absolute Gasteiger partial charge is 0.303 e. The van der Waals surface area contributed by atoms with Gasteiger partial charge in [-0.15, -0.1) is 0 Å². The highest BCUT2D eigenvalue weighted by atomic mass is 35.5. The summed E-state index contributed by atoms with van der Waals surface area (Å²) >= 11 is 5.81. The van der Waals surface area contributed by atoms with E-state index in [2.05, 4.69) is 0 Å². The molecule has 146 valence electrons. The van der Waals surface area contributed by atoms with Crippen LogP contribution in [0.25, 0.3) is 0 Å². The van der Waals surface area contributed by atoms with Gasteiger partial charge in [0.2, 0.25) is 10.0 Å². The maximum atomic E-state index is 13.0. The Labute approximate surface area is 158 Å². The lowest BCUT2D eigenvalue weighted by atomic mass is 10.2. The van der Waals surface area contributed by atoms with Gasteiger partial charge in [-0.05, 0) is 43.5 Å². The zero-order valence-corrected chi connectivity index (χ0v) is 16.6. The van der Waals surface area contributed by atoms with Crippen molar-refractivity contribution in [2.75, 3.05) is 18.1 Å². The van der Waals surface area contributed by atoms with Gasteiger partial charge in [0.15, 0.2) is 9.84 Å². The molecule has 1 aromatic carbocycles. The number of rotatable bonds is 9. The number of nitrogens with zero attached hydrogens (tertiary/aromatic N) is 1. The standard InChI is InChI=1S/C16H22ClNO6S2/c17-13-5-7-15(8-6-13)26(23,24)18(10-3-1-2-4-16(19)20)14-9-11-25(21,22)12-14/h5-8,14H,1-4,9-12H2,(H,19,20)/t14-/m0/s1. The molecule has 1 saturated heterocycles. The van der Waals surface area contributed by atoms with Crippen LogP contribution in [0.15, 0.2) is 29.2 Å². The molecule has 1 heterocycles. The van der Waals surface area contributed by atoms with E-state index in [-0.39, 0.29) is 35.8 Å². The van der Waals surface area contributed by atoms with Gasteiger partial charge in [-0.25, -0.2) is 16.8 Å². The predicted molar refractivity (Wildman–Crippen MR) is 98.5 cm³/mol. The van der Waals surface area contributed by atoms with E-state index in [1.165, 1.54) is 28.6 Å². The van der Waals surface area contributed by atoms with E-state index >= 15 is 0 Å². The lowest BCUT2D eigenvalue weighted by molar-refractivity contribution is -0.137. The molecular formula is C16H22ClNO6S2. The first-order chi connectivity index (χ1) is 12.1. The zero-order valence-electron chi connectivity index (χ0n) is 14.2. The van der Waals surface area contributed by atoms with Gasteiger partial charge in [0.1, 0.15) is 0 Å². The minimum absolute atomic E-state index is 0.0245. The number of carbonyl (C=O) groups is 1. The van der Waals surface area contributed by atoms with Gasteiger partial charge in [-0.1, -0.05) is 18.0 Å². The van der Waals surface area contributed by atoms with Crippen molar-refractivity contribution in [2.45, 2.75) is 43.0 Å². The fraction of sp³-hybridized carbons (Fsp3) is 0.562. The molecule has 0 bridgehead atoms. The van der Waals surface area contributed by atoms with Crippen LogP contribution < -0.4 is 0 Å². The van der Waals surface area contributed by atoms with Crippen LogP contribution >= 0.6 is 11.6 Å². The third-order valence-electron chi connectivity index (χ3n) is 4.31. The average molecular weight is 424 g/mol. The number of sulfonamides is 1. The van der Waals surface area contributed by atoms with E-state index in [1.807, 2.05) is 0 Å². The van der Waals surface area contributed by atoms with Crippen LogP contribution in [-0.2, 0) is 24.7 Å². The Morgan fingerprint density at radius 2 is 1.85 bits per heavy atom. The van der Waals surface area contributed by atoms with Crippen molar-refractivity contribution in [3.8, 4) is 0 Å². The van der Waals surface area contributed by atoms with Crippen LogP contribution in [0.4, 0.5) is 0 Å². The molecule has 7 nitrogen and oxygen atoms in total. The molecule has 2 rings (SSSR count). The molecule has 1 atom stereocenters. The summed E-state index contributed by atoms with van der Waals surface area (Å²) in [4.78, 5) is 10.6. The molecule has 1 N–H and O–H groups in total. The number of carboxylic acids is 1. The van der Waals surface area contributed by atoms with Gasteiger partial charge >= 0.3 is 5.97 Å². The number of hydrogen-bond donors (Lipinski definition) is 1. The molecule has 0 amide bonds. The first-order valence-electron chi connectivity index (χ1n) is 8.31. The zero-order chi connectivity index (χ0) is 19.4. The number of sulfone groups is 1. The Kier molecular flexibility index (Phi) is 7.06. The van der Waals surface area contributed by atoms with Crippen molar-refractivity contribution >= 4 is 37.4 Å². The van der Waals surface area contributed by atoms with E-state index in [4.69, 9.17) is 16.7 Å². The number of hydrogen-bond acceptors (Lipinski definition) is 5. The maximum Gasteiger partial charge on any atom is 0.303 e. The normalized spacial score (nSPS) is 19.7. The summed E-state index contributed by atoms with van der Waals surface area (Å²) in [7, 11) is -7.10. The number of unbranched alkanes of at least 4 members (excludes halogenated alkanes) is 2. The van der Waals surface area contributed by atoms with Gasteiger partial charge in [-0.2, -0.15) is 4.31 Å². The van der Waals surface area contributed by atoms with Crippen LogP contribution in [0.2, 0.25) is 5.02 Å². The molecule has 0 spiro atoms. The van der Waals surface area contributed by atoms with Crippen molar-refractivity contribution in [1.82, 2.24) is 4.31 Å². The Bertz CT molecular complexity index is 836. The Balaban J connectivity index is 2.16. The van der Waals surface area contributed by atoms with Crippen molar-refractivity contribution < 1.29 is 26.7 Å². The second kappa shape index (κ2) is 8.69. The van der Waals surface area contributed by atoms with Crippen molar-refractivity contribution in [3.63, 3.8) is 0 Å². The molecule has 1 aromatic rings. The molecule has 1 fully saturated rings. The second-order valence-electron chi connectivity index (χ2n) is 6.33. The summed E-state index contributed by atoms with van der Waals surface area (Å²) in [5.74, 6) is -1.10. The van der Waals surface area contributed by atoms with E-state index in [0.29, 0.717) is 24.3 Å². The van der Waals surface area contributed by atoms with Crippen LogP contribution in [0, 0.1) is 0 Å². The number of aliphatic carboxylic acids is 1. The Morgan fingerprint density at radius 1 is 1.19 bits per heavy atom. The fourth-order valence-corrected chi connectivity index (χ4v) is 6.61. The summed E-state index contributed by atoms with van der Waals surface area (Å²) in [5.41, 5.74) is 0. The SMILES string of the molecule is O=C(O)CCCCCN([C@H]1CCS(=O)(=O)C1)S(=O)(=O)c1ccc(Cl)cc1.